The van der Waals surface area contributed by atoms with Crippen LogP contribution in [-0.4, -0.2) is 24.5 Å². The Morgan fingerprint density at radius 3 is 2.38 bits per heavy atom. The average molecular weight is 187 g/mol. The van der Waals surface area contributed by atoms with E-state index in [4.69, 9.17) is 0 Å². The molecule has 1 N–H and O–H groups in total. The van der Waals surface area contributed by atoms with Gasteiger partial charge in [0.05, 0.1) is 13.0 Å². The van der Waals surface area contributed by atoms with Crippen molar-refractivity contribution in [3.8, 4) is 0 Å². The van der Waals surface area contributed by atoms with E-state index in [0.29, 0.717) is 6.61 Å². The largest absolute Gasteiger partial charge is 0.466 e. The van der Waals surface area contributed by atoms with Gasteiger partial charge in [0.15, 0.2) is 0 Å². The van der Waals surface area contributed by atoms with E-state index < -0.39 is 0 Å². The molecule has 76 valence electrons. The van der Waals surface area contributed by atoms with Crippen LogP contribution >= 0.6 is 0 Å². The predicted molar refractivity (Wildman–Crippen MR) is 49.1 cm³/mol. The van der Waals surface area contributed by atoms with E-state index in [-0.39, 0.29) is 30.8 Å². The van der Waals surface area contributed by atoms with Crippen LogP contribution in [0.2, 0.25) is 0 Å². The van der Waals surface area contributed by atoms with Crippen molar-refractivity contribution >= 4 is 11.9 Å². The van der Waals surface area contributed by atoms with Gasteiger partial charge in [0.25, 0.3) is 0 Å². The van der Waals surface area contributed by atoms with Crippen LogP contribution in [0.15, 0.2) is 0 Å². The minimum atomic E-state index is -0.318. The van der Waals surface area contributed by atoms with Crippen molar-refractivity contribution in [3.63, 3.8) is 0 Å². The van der Waals surface area contributed by atoms with Crippen LogP contribution in [0, 0.1) is 0 Å². The summed E-state index contributed by atoms with van der Waals surface area (Å²) in [5.74, 6) is -0.426. The second-order valence-corrected chi connectivity index (χ2v) is 3.03. The molecule has 0 aromatic rings. The summed E-state index contributed by atoms with van der Waals surface area (Å²) < 4.78 is 4.68. The van der Waals surface area contributed by atoms with E-state index in [1.54, 1.807) is 6.92 Å². The Hall–Kier alpha value is -1.06. The standard InChI is InChI=1S/C9H17NO3/c1-4-13-9(12)6-5-8(11)10-7(2)3/h7H,4-6H2,1-3H3,(H,10,11). The summed E-state index contributed by atoms with van der Waals surface area (Å²) in [6.07, 6.45) is 0.364. The highest BCUT2D eigenvalue weighted by molar-refractivity contribution is 5.81. The number of nitrogens with one attached hydrogen (secondary N) is 1. The van der Waals surface area contributed by atoms with Crippen molar-refractivity contribution in [1.82, 2.24) is 5.32 Å². The van der Waals surface area contributed by atoms with E-state index in [0.717, 1.165) is 0 Å². The number of ether oxygens (including phenoxy) is 1. The molecule has 0 radical (unpaired) electrons. The topological polar surface area (TPSA) is 55.4 Å². The number of rotatable bonds is 5. The molecule has 0 aliphatic carbocycles. The Bertz CT molecular complexity index is 178. The molecule has 0 aliphatic heterocycles. The lowest BCUT2D eigenvalue weighted by molar-refractivity contribution is -0.144. The second kappa shape index (κ2) is 6.46. The van der Waals surface area contributed by atoms with Gasteiger partial charge in [-0.3, -0.25) is 9.59 Å². The van der Waals surface area contributed by atoms with E-state index in [2.05, 4.69) is 10.1 Å². The first-order valence-corrected chi connectivity index (χ1v) is 4.51. The Kier molecular flexibility index (Phi) is 5.93. The Morgan fingerprint density at radius 1 is 1.31 bits per heavy atom. The maximum absolute atomic E-state index is 11.0. The summed E-state index contributed by atoms with van der Waals surface area (Å²) in [6, 6.07) is 0.120. The number of carbonyl (C=O) groups excluding carboxylic acids is 2. The second-order valence-electron chi connectivity index (χ2n) is 3.03. The van der Waals surface area contributed by atoms with Crippen molar-refractivity contribution in [2.45, 2.75) is 39.7 Å². The molecule has 0 unspecified atom stereocenters. The van der Waals surface area contributed by atoms with E-state index in [9.17, 15) is 9.59 Å². The zero-order valence-electron chi connectivity index (χ0n) is 8.42. The molecule has 0 saturated heterocycles. The number of carbonyl (C=O) groups is 2. The van der Waals surface area contributed by atoms with Crippen LogP contribution in [0.5, 0.6) is 0 Å². The molecule has 0 bridgehead atoms. The van der Waals surface area contributed by atoms with Crippen molar-refractivity contribution in [1.29, 1.82) is 0 Å². The molecule has 4 heteroatoms. The highest BCUT2D eigenvalue weighted by Gasteiger charge is 2.07. The molecule has 0 atom stereocenters. The van der Waals surface area contributed by atoms with Crippen LogP contribution in [0.25, 0.3) is 0 Å². The van der Waals surface area contributed by atoms with E-state index in [1.807, 2.05) is 13.8 Å². The number of esters is 1. The first-order valence-electron chi connectivity index (χ1n) is 4.51. The Labute approximate surface area is 78.6 Å². The number of amides is 1. The van der Waals surface area contributed by atoms with Gasteiger partial charge in [-0.05, 0) is 20.8 Å². The lowest BCUT2D eigenvalue weighted by atomic mass is 10.3. The smallest absolute Gasteiger partial charge is 0.306 e. The summed E-state index contributed by atoms with van der Waals surface area (Å²) in [7, 11) is 0. The monoisotopic (exact) mass is 187 g/mol. The first-order chi connectivity index (χ1) is 6.06. The van der Waals surface area contributed by atoms with Gasteiger partial charge in [0, 0.05) is 12.5 Å². The van der Waals surface area contributed by atoms with Gasteiger partial charge in [0.1, 0.15) is 0 Å². The quantitative estimate of drug-likeness (QED) is 0.649. The van der Waals surface area contributed by atoms with Crippen LogP contribution in [0.4, 0.5) is 0 Å². The summed E-state index contributed by atoms with van der Waals surface area (Å²) in [5, 5.41) is 2.69. The SMILES string of the molecule is CCOC(=O)CCC(=O)NC(C)C. The molecular formula is C9H17NO3. The third-order valence-corrected chi connectivity index (χ3v) is 1.31. The molecule has 0 aromatic carbocycles. The maximum Gasteiger partial charge on any atom is 0.306 e. The normalized spacial score (nSPS) is 9.85. The number of hydrogen-bond donors (Lipinski definition) is 1. The van der Waals surface area contributed by atoms with Gasteiger partial charge in [-0.15, -0.1) is 0 Å². The highest BCUT2D eigenvalue weighted by atomic mass is 16.5. The van der Waals surface area contributed by atoms with Crippen LogP contribution in [0.3, 0.4) is 0 Å². The van der Waals surface area contributed by atoms with Crippen LogP contribution < -0.4 is 5.32 Å². The molecule has 0 spiro atoms. The predicted octanol–water partition coefficient (Wildman–Crippen LogP) is 0.854. The minimum absolute atomic E-state index is 0.108. The fraction of sp³-hybridized carbons (Fsp3) is 0.778. The van der Waals surface area contributed by atoms with Crippen molar-refractivity contribution in [2.75, 3.05) is 6.61 Å². The van der Waals surface area contributed by atoms with Crippen molar-refractivity contribution in [3.05, 3.63) is 0 Å². The molecule has 0 aromatic heterocycles. The zero-order chi connectivity index (χ0) is 10.3. The molecule has 0 rings (SSSR count). The molecule has 0 aliphatic rings. The molecule has 4 nitrogen and oxygen atoms in total. The number of hydrogen-bond acceptors (Lipinski definition) is 3. The highest BCUT2D eigenvalue weighted by Crippen LogP contribution is 1.93. The molecule has 0 saturated carbocycles. The van der Waals surface area contributed by atoms with Gasteiger partial charge in [-0.1, -0.05) is 0 Å². The first kappa shape index (κ1) is 11.9. The maximum atomic E-state index is 11.0. The van der Waals surface area contributed by atoms with Gasteiger partial charge in [-0.25, -0.2) is 0 Å². The third-order valence-electron chi connectivity index (χ3n) is 1.31. The molecular weight excluding hydrogens is 170 g/mol. The lowest BCUT2D eigenvalue weighted by Gasteiger charge is -2.07. The summed E-state index contributed by atoms with van der Waals surface area (Å²) in [4.78, 5) is 21.9. The van der Waals surface area contributed by atoms with Gasteiger partial charge in [-0.2, -0.15) is 0 Å². The van der Waals surface area contributed by atoms with Gasteiger partial charge >= 0.3 is 5.97 Å². The average Bonchev–Trinajstić information content (AvgIpc) is 2.00. The molecule has 0 fully saturated rings. The van der Waals surface area contributed by atoms with Crippen LogP contribution in [-0.2, 0) is 14.3 Å². The fourth-order valence-corrected chi connectivity index (χ4v) is 0.843. The summed E-state index contributed by atoms with van der Waals surface area (Å²) >= 11 is 0. The molecule has 0 heterocycles. The van der Waals surface area contributed by atoms with E-state index in [1.165, 1.54) is 0 Å². The molecule has 13 heavy (non-hydrogen) atoms. The lowest BCUT2D eigenvalue weighted by Crippen LogP contribution is -2.30. The Balaban J connectivity index is 3.52. The van der Waals surface area contributed by atoms with Crippen molar-refractivity contribution < 1.29 is 14.3 Å². The minimum Gasteiger partial charge on any atom is -0.466 e. The summed E-state index contributed by atoms with van der Waals surface area (Å²) in [6.45, 7) is 5.86. The third kappa shape index (κ3) is 7.31. The fourth-order valence-electron chi connectivity index (χ4n) is 0.843. The van der Waals surface area contributed by atoms with Gasteiger partial charge in [0.2, 0.25) is 5.91 Å². The Morgan fingerprint density at radius 2 is 1.92 bits per heavy atom. The van der Waals surface area contributed by atoms with Crippen LogP contribution in [0.1, 0.15) is 33.6 Å². The summed E-state index contributed by atoms with van der Waals surface area (Å²) in [5.41, 5.74) is 0. The van der Waals surface area contributed by atoms with Gasteiger partial charge < -0.3 is 10.1 Å². The van der Waals surface area contributed by atoms with E-state index >= 15 is 0 Å². The molecule has 1 amide bonds. The zero-order valence-corrected chi connectivity index (χ0v) is 8.42. The van der Waals surface area contributed by atoms with Crippen molar-refractivity contribution in [2.24, 2.45) is 0 Å².